The number of nitriles is 1. The molecule has 0 aromatic heterocycles. The van der Waals surface area contributed by atoms with E-state index in [-0.39, 0.29) is 5.91 Å². The van der Waals surface area contributed by atoms with E-state index in [4.69, 9.17) is 5.26 Å². The average Bonchev–Trinajstić information content (AvgIpc) is 2.72. The Bertz CT molecular complexity index is 834. The maximum atomic E-state index is 13.1. The van der Waals surface area contributed by atoms with E-state index < -0.39 is 0 Å². The first-order chi connectivity index (χ1) is 13.6. The van der Waals surface area contributed by atoms with E-state index in [0.29, 0.717) is 11.5 Å². The molecule has 4 nitrogen and oxygen atoms in total. The second-order valence-electron chi connectivity index (χ2n) is 7.58. The Hall–Kier alpha value is -2.29. The van der Waals surface area contributed by atoms with E-state index >= 15 is 0 Å². The first-order valence-electron chi connectivity index (χ1n) is 9.79. The highest BCUT2D eigenvalue weighted by molar-refractivity contribution is 7.98. The van der Waals surface area contributed by atoms with Crippen LogP contribution in [0.1, 0.15) is 35.3 Å². The number of hydrogen-bond donors (Lipinski definition) is 0. The number of carbonyl (C=O) groups is 1. The van der Waals surface area contributed by atoms with Gasteiger partial charge in [0.1, 0.15) is 0 Å². The van der Waals surface area contributed by atoms with Crippen molar-refractivity contribution in [2.75, 3.05) is 32.7 Å². The van der Waals surface area contributed by atoms with Crippen LogP contribution in [0.2, 0.25) is 0 Å². The highest BCUT2D eigenvalue weighted by Gasteiger charge is 2.24. The summed E-state index contributed by atoms with van der Waals surface area (Å²) in [6.07, 6.45) is 0. The van der Waals surface area contributed by atoms with Crippen molar-refractivity contribution < 1.29 is 4.79 Å². The van der Waals surface area contributed by atoms with E-state index in [1.165, 1.54) is 0 Å². The van der Waals surface area contributed by atoms with Gasteiger partial charge in [-0.3, -0.25) is 9.69 Å². The molecule has 0 bridgehead atoms. The summed E-state index contributed by atoms with van der Waals surface area (Å²) in [5.74, 6) is 1.56. The van der Waals surface area contributed by atoms with Gasteiger partial charge in [0.05, 0.1) is 17.2 Å². The lowest BCUT2D eigenvalue weighted by Gasteiger charge is -2.35. The highest BCUT2D eigenvalue weighted by atomic mass is 32.2. The number of hydrogen-bond acceptors (Lipinski definition) is 4. The smallest absolute Gasteiger partial charge is 0.255 e. The zero-order valence-electron chi connectivity index (χ0n) is 16.6. The fraction of sp³-hybridized carbons (Fsp3) is 0.391. The molecule has 0 aliphatic carbocycles. The average molecular weight is 394 g/mol. The van der Waals surface area contributed by atoms with Gasteiger partial charge in [0.2, 0.25) is 0 Å². The van der Waals surface area contributed by atoms with Crippen molar-refractivity contribution in [2.24, 2.45) is 5.92 Å². The van der Waals surface area contributed by atoms with Gasteiger partial charge in [-0.2, -0.15) is 5.26 Å². The molecule has 1 aliphatic rings. The third-order valence-electron chi connectivity index (χ3n) is 4.88. The van der Waals surface area contributed by atoms with E-state index in [9.17, 15) is 4.79 Å². The molecule has 146 valence electrons. The molecule has 2 aromatic rings. The summed E-state index contributed by atoms with van der Waals surface area (Å²) in [5.41, 5.74) is 2.60. The van der Waals surface area contributed by atoms with E-state index in [2.05, 4.69) is 24.8 Å². The molecule has 0 radical (unpaired) electrons. The Kier molecular flexibility index (Phi) is 7.13. The first-order valence-corrected chi connectivity index (χ1v) is 10.8. The maximum Gasteiger partial charge on any atom is 0.255 e. The predicted molar refractivity (Wildman–Crippen MR) is 114 cm³/mol. The molecular weight excluding hydrogens is 366 g/mol. The quantitative estimate of drug-likeness (QED) is 0.688. The summed E-state index contributed by atoms with van der Waals surface area (Å²) < 4.78 is 0. The maximum absolute atomic E-state index is 13.1. The van der Waals surface area contributed by atoms with Gasteiger partial charge in [-0.15, -0.1) is 11.8 Å². The molecule has 0 atom stereocenters. The summed E-state index contributed by atoms with van der Waals surface area (Å²) in [7, 11) is 0. The number of thioether (sulfide) groups is 1. The van der Waals surface area contributed by atoms with Crippen molar-refractivity contribution in [1.82, 2.24) is 9.80 Å². The van der Waals surface area contributed by atoms with Gasteiger partial charge in [-0.25, -0.2) is 0 Å². The zero-order chi connectivity index (χ0) is 19.9. The van der Waals surface area contributed by atoms with E-state index in [0.717, 1.165) is 54.5 Å². The highest BCUT2D eigenvalue weighted by Crippen LogP contribution is 2.27. The van der Waals surface area contributed by atoms with Crippen LogP contribution in [0, 0.1) is 17.2 Å². The number of rotatable bonds is 6. The number of piperazine rings is 1. The molecule has 0 spiro atoms. The number of amides is 1. The lowest BCUT2D eigenvalue weighted by molar-refractivity contribution is 0.0620. The van der Waals surface area contributed by atoms with E-state index in [1.807, 2.05) is 53.4 Å². The van der Waals surface area contributed by atoms with Gasteiger partial charge >= 0.3 is 0 Å². The summed E-state index contributed by atoms with van der Waals surface area (Å²) in [4.78, 5) is 18.5. The molecule has 1 amide bonds. The Labute approximate surface area is 172 Å². The van der Waals surface area contributed by atoms with Crippen molar-refractivity contribution in [1.29, 1.82) is 5.26 Å². The minimum absolute atomic E-state index is 0.132. The monoisotopic (exact) mass is 393 g/mol. The first kappa shape index (κ1) is 20.4. The van der Waals surface area contributed by atoms with Crippen LogP contribution in [0.4, 0.5) is 0 Å². The molecule has 5 heteroatoms. The third-order valence-corrected chi connectivity index (χ3v) is 6.02. The molecule has 1 fully saturated rings. The molecule has 0 N–H and O–H groups in total. The molecule has 1 saturated heterocycles. The van der Waals surface area contributed by atoms with Gasteiger partial charge in [0, 0.05) is 43.4 Å². The van der Waals surface area contributed by atoms with Gasteiger partial charge in [-0.1, -0.05) is 38.1 Å². The minimum atomic E-state index is 0.132. The Morgan fingerprint density at radius 3 is 2.39 bits per heavy atom. The molecule has 1 aliphatic heterocycles. The van der Waals surface area contributed by atoms with Gasteiger partial charge in [0.25, 0.3) is 5.91 Å². The van der Waals surface area contributed by atoms with Crippen LogP contribution < -0.4 is 0 Å². The van der Waals surface area contributed by atoms with Crippen LogP contribution in [-0.4, -0.2) is 48.4 Å². The fourth-order valence-electron chi connectivity index (χ4n) is 3.43. The number of carbonyl (C=O) groups excluding carboxylic acids is 1. The van der Waals surface area contributed by atoms with Crippen LogP contribution in [0.25, 0.3) is 0 Å². The van der Waals surface area contributed by atoms with Crippen molar-refractivity contribution in [3.63, 3.8) is 0 Å². The number of benzene rings is 2. The minimum Gasteiger partial charge on any atom is -0.336 e. The summed E-state index contributed by atoms with van der Waals surface area (Å²) in [6, 6.07) is 17.6. The van der Waals surface area contributed by atoms with Crippen LogP contribution in [0.5, 0.6) is 0 Å². The fourth-order valence-corrected chi connectivity index (χ4v) is 4.43. The topological polar surface area (TPSA) is 47.3 Å². The lowest BCUT2D eigenvalue weighted by atomic mass is 10.1. The Morgan fingerprint density at radius 2 is 1.75 bits per heavy atom. The second-order valence-corrected chi connectivity index (χ2v) is 8.60. The largest absolute Gasteiger partial charge is 0.336 e. The van der Waals surface area contributed by atoms with Gasteiger partial charge in [-0.05, 0) is 35.7 Å². The second kappa shape index (κ2) is 9.77. The normalized spacial score (nSPS) is 14.9. The zero-order valence-corrected chi connectivity index (χ0v) is 17.4. The van der Waals surface area contributed by atoms with Gasteiger partial charge < -0.3 is 4.90 Å². The van der Waals surface area contributed by atoms with Crippen molar-refractivity contribution in [3.8, 4) is 6.07 Å². The molecule has 28 heavy (non-hydrogen) atoms. The lowest BCUT2D eigenvalue weighted by Crippen LogP contribution is -2.49. The standard InChI is InChI=1S/C23H27N3OS/c1-18(2)16-25-11-13-26(14-12-25)23(27)21-5-3-4-6-22(21)28-17-20-9-7-19(15-24)8-10-20/h3-10,18H,11-14,16-17H2,1-2H3. The van der Waals surface area contributed by atoms with Crippen LogP contribution in [0.3, 0.4) is 0 Å². The predicted octanol–water partition coefficient (Wildman–Crippen LogP) is 4.26. The molecule has 1 heterocycles. The molecule has 2 aromatic carbocycles. The van der Waals surface area contributed by atoms with Crippen LogP contribution >= 0.6 is 11.8 Å². The summed E-state index contributed by atoms with van der Waals surface area (Å²) in [5, 5.41) is 8.92. The SMILES string of the molecule is CC(C)CN1CCN(C(=O)c2ccccc2SCc2ccc(C#N)cc2)CC1. The van der Waals surface area contributed by atoms with Crippen LogP contribution in [0.15, 0.2) is 53.4 Å². The van der Waals surface area contributed by atoms with Crippen molar-refractivity contribution in [3.05, 3.63) is 65.2 Å². The summed E-state index contributed by atoms with van der Waals surface area (Å²) in [6.45, 7) is 9.05. The molecule has 3 rings (SSSR count). The number of nitrogens with zero attached hydrogens (tertiary/aromatic N) is 3. The Morgan fingerprint density at radius 1 is 1.07 bits per heavy atom. The molecular formula is C23H27N3OS. The van der Waals surface area contributed by atoms with Gasteiger partial charge in [0.15, 0.2) is 0 Å². The summed E-state index contributed by atoms with van der Waals surface area (Å²) >= 11 is 1.67. The van der Waals surface area contributed by atoms with Crippen LogP contribution in [-0.2, 0) is 5.75 Å². The molecule has 0 saturated carbocycles. The third kappa shape index (κ3) is 5.37. The van der Waals surface area contributed by atoms with E-state index in [1.54, 1.807) is 11.8 Å². The Balaban J connectivity index is 1.63. The van der Waals surface area contributed by atoms with Crippen molar-refractivity contribution >= 4 is 17.7 Å². The molecule has 0 unspecified atom stereocenters. The van der Waals surface area contributed by atoms with Crippen molar-refractivity contribution in [2.45, 2.75) is 24.5 Å².